The van der Waals surface area contributed by atoms with Gasteiger partial charge in [-0.1, -0.05) is 37.3 Å². The zero-order valence-corrected chi connectivity index (χ0v) is 15.6. The minimum atomic E-state index is 0.0684. The number of benzene rings is 1. The second-order valence-corrected chi connectivity index (χ2v) is 7.05. The molecular weight excluding hydrogens is 330 g/mol. The van der Waals surface area contributed by atoms with Gasteiger partial charge in [-0.3, -0.25) is 14.5 Å². The molecule has 0 N–H and O–H groups in total. The summed E-state index contributed by atoms with van der Waals surface area (Å²) in [6.45, 7) is 7.25. The minimum absolute atomic E-state index is 0.0684. The average Bonchev–Trinajstić information content (AvgIpc) is 2.83. The van der Waals surface area contributed by atoms with Gasteiger partial charge in [-0.05, 0) is 12.0 Å². The van der Waals surface area contributed by atoms with Crippen molar-refractivity contribution in [3.63, 3.8) is 0 Å². The molecule has 1 aromatic carbocycles. The fourth-order valence-corrected chi connectivity index (χ4v) is 3.65. The number of hydrogen-bond acceptors (Lipinski definition) is 4. The van der Waals surface area contributed by atoms with Crippen LogP contribution in [0.15, 0.2) is 30.3 Å². The van der Waals surface area contributed by atoms with E-state index in [-0.39, 0.29) is 17.9 Å². The highest BCUT2D eigenvalue weighted by molar-refractivity contribution is 5.81. The Morgan fingerprint density at radius 1 is 1.15 bits per heavy atom. The molecule has 0 aromatic heterocycles. The van der Waals surface area contributed by atoms with E-state index < -0.39 is 0 Å². The molecule has 2 heterocycles. The first-order chi connectivity index (χ1) is 12.7. The Hall–Kier alpha value is -1.92. The Morgan fingerprint density at radius 3 is 2.58 bits per heavy atom. The van der Waals surface area contributed by atoms with E-state index in [9.17, 15) is 9.59 Å². The maximum Gasteiger partial charge on any atom is 0.236 e. The van der Waals surface area contributed by atoms with E-state index in [1.54, 1.807) is 0 Å². The summed E-state index contributed by atoms with van der Waals surface area (Å²) in [7, 11) is 0. The highest BCUT2D eigenvalue weighted by Gasteiger charge is 2.31. The van der Waals surface area contributed by atoms with Crippen LogP contribution in [0.4, 0.5) is 0 Å². The lowest BCUT2D eigenvalue weighted by Gasteiger charge is -2.33. The lowest BCUT2D eigenvalue weighted by Crippen LogP contribution is -2.48. The second kappa shape index (κ2) is 9.14. The topological polar surface area (TPSA) is 53.1 Å². The van der Waals surface area contributed by atoms with Gasteiger partial charge in [0.05, 0.1) is 19.8 Å². The average molecular weight is 359 g/mol. The summed E-state index contributed by atoms with van der Waals surface area (Å²) in [5, 5.41) is 0. The van der Waals surface area contributed by atoms with Crippen LogP contribution in [-0.4, -0.2) is 78.5 Å². The molecule has 0 bridgehead atoms. The van der Waals surface area contributed by atoms with Crippen molar-refractivity contribution >= 4 is 11.8 Å². The van der Waals surface area contributed by atoms with Gasteiger partial charge in [-0.15, -0.1) is 0 Å². The first-order valence-corrected chi connectivity index (χ1v) is 9.58. The summed E-state index contributed by atoms with van der Waals surface area (Å²) in [6.07, 6.45) is 1.25. The highest BCUT2D eigenvalue weighted by atomic mass is 16.5. The highest BCUT2D eigenvalue weighted by Crippen LogP contribution is 2.18. The van der Waals surface area contributed by atoms with Crippen LogP contribution in [-0.2, 0) is 20.9 Å². The third kappa shape index (κ3) is 4.83. The molecular formula is C20H29N3O3. The van der Waals surface area contributed by atoms with E-state index in [2.05, 4.69) is 11.8 Å². The number of morpholine rings is 1. The van der Waals surface area contributed by atoms with Crippen molar-refractivity contribution in [2.75, 3.05) is 45.9 Å². The van der Waals surface area contributed by atoms with E-state index in [4.69, 9.17) is 4.74 Å². The van der Waals surface area contributed by atoms with Crippen molar-refractivity contribution in [3.05, 3.63) is 35.9 Å². The zero-order valence-electron chi connectivity index (χ0n) is 15.6. The molecule has 2 fully saturated rings. The van der Waals surface area contributed by atoms with Crippen LogP contribution in [0.2, 0.25) is 0 Å². The van der Waals surface area contributed by atoms with Gasteiger partial charge in [-0.25, -0.2) is 0 Å². The maximum absolute atomic E-state index is 12.8. The van der Waals surface area contributed by atoms with Gasteiger partial charge in [0.25, 0.3) is 0 Å². The summed E-state index contributed by atoms with van der Waals surface area (Å²) in [5.74, 6) is 0.266. The van der Waals surface area contributed by atoms with E-state index in [0.717, 1.165) is 25.1 Å². The molecule has 3 rings (SSSR count). The third-order valence-electron chi connectivity index (χ3n) is 5.27. The molecule has 6 nitrogen and oxygen atoms in total. The smallest absolute Gasteiger partial charge is 0.236 e. The molecule has 1 atom stereocenters. The zero-order chi connectivity index (χ0) is 18.4. The first kappa shape index (κ1) is 18.9. The molecule has 26 heavy (non-hydrogen) atoms. The number of rotatable bonds is 5. The molecule has 1 unspecified atom stereocenters. The number of ether oxygens (including phenoxy) is 1. The van der Waals surface area contributed by atoms with Gasteiger partial charge >= 0.3 is 0 Å². The Balaban J connectivity index is 1.64. The van der Waals surface area contributed by atoms with Crippen LogP contribution in [0, 0.1) is 0 Å². The molecule has 6 heteroatoms. The summed E-state index contributed by atoms with van der Waals surface area (Å²) in [5.41, 5.74) is 1.13. The van der Waals surface area contributed by atoms with Crippen LogP contribution in [0.1, 0.15) is 25.3 Å². The maximum atomic E-state index is 12.8. The van der Waals surface area contributed by atoms with E-state index in [1.807, 2.05) is 40.1 Å². The molecule has 0 spiro atoms. The normalized spacial score (nSPS) is 22.3. The molecule has 0 radical (unpaired) electrons. The van der Waals surface area contributed by atoms with Gasteiger partial charge in [0.1, 0.15) is 0 Å². The molecule has 1 aromatic rings. The minimum Gasteiger partial charge on any atom is -0.379 e. The van der Waals surface area contributed by atoms with Crippen molar-refractivity contribution in [3.8, 4) is 0 Å². The Labute approximate surface area is 155 Å². The van der Waals surface area contributed by atoms with Gasteiger partial charge in [0, 0.05) is 45.2 Å². The van der Waals surface area contributed by atoms with E-state index >= 15 is 0 Å². The molecule has 2 aliphatic rings. The first-order valence-electron chi connectivity index (χ1n) is 9.58. The summed E-state index contributed by atoms with van der Waals surface area (Å²) < 4.78 is 5.35. The SMILES string of the molecule is CCC1CN(C(=O)CN2CCOCC2)CCC(=O)N1Cc1ccccc1. The van der Waals surface area contributed by atoms with Gasteiger partial charge in [-0.2, -0.15) is 0 Å². The molecule has 2 amide bonds. The molecule has 2 saturated heterocycles. The van der Waals surface area contributed by atoms with Crippen molar-refractivity contribution in [1.29, 1.82) is 0 Å². The predicted octanol–water partition coefficient (Wildman–Crippen LogP) is 1.36. The number of carbonyl (C=O) groups excluding carboxylic acids is 2. The fourth-order valence-electron chi connectivity index (χ4n) is 3.65. The second-order valence-electron chi connectivity index (χ2n) is 7.05. The standard InChI is InChI=1S/C20H29N3O3/c1-2-18-15-22(20(25)16-21-10-12-26-13-11-21)9-8-19(24)23(18)14-17-6-4-3-5-7-17/h3-7,18H,2,8-16H2,1H3. The summed E-state index contributed by atoms with van der Waals surface area (Å²) >= 11 is 0. The van der Waals surface area contributed by atoms with Gasteiger partial charge in [0.15, 0.2) is 0 Å². The third-order valence-corrected chi connectivity index (χ3v) is 5.27. The van der Waals surface area contributed by atoms with Crippen LogP contribution in [0.3, 0.4) is 0 Å². The Bertz CT molecular complexity index is 602. The van der Waals surface area contributed by atoms with Gasteiger partial charge in [0.2, 0.25) is 11.8 Å². The monoisotopic (exact) mass is 359 g/mol. The van der Waals surface area contributed by atoms with Crippen LogP contribution in [0.5, 0.6) is 0 Å². The number of amides is 2. The lowest BCUT2D eigenvalue weighted by atomic mass is 10.1. The van der Waals surface area contributed by atoms with Crippen molar-refractivity contribution < 1.29 is 14.3 Å². The molecule has 0 saturated carbocycles. The van der Waals surface area contributed by atoms with Crippen LogP contribution in [0.25, 0.3) is 0 Å². The number of carbonyl (C=O) groups is 2. The van der Waals surface area contributed by atoms with E-state index in [0.29, 0.717) is 45.8 Å². The molecule has 142 valence electrons. The summed E-state index contributed by atoms with van der Waals surface area (Å²) in [4.78, 5) is 31.5. The van der Waals surface area contributed by atoms with Crippen molar-refractivity contribution in [2.45, 2.75) is 32.4 Å². The predicted molar refractivity (Wildman–Crippen MR) is 99.5 cm³/mol. The van der Waals surface area contributed by atoms with Crippen LogP contribution < -0.4 is 0 Å². The Kier molecular flexibility index (Phi) is 6.63. The molecule has 0 aliphatic carbocycles. The van der Waals surface area contributed by atoms with Gasteiger partial charge < -0.3 is 14.5 Å². The number of hydrogen-bond donors (Lipinski definition) is 0. The Morgan fingerprint density at radius 2 is 1.88 bits per heavy atom. The lowest BCUT2D eigenvalue weighted by molar-refractivity contribution is -0.134. The van der Waals surface area contributed by atoms with Crippen LogP contribution >= 0.6 is 0 Å². The largest absolute Gasteiger partial charge is 0.379 e. The fraction of sp³-hybridized carbons (Fsp3) is 0.600. The van der Waals surface area contributed by atoms with Crippen molar-refractivity contribution in [1.82, 2.24) is 14.7 Å². The summed E-state index contributed by atoms with van der Waals surface area (Å²) in [6, 6.07) is 10.1. The quantitative estimate of drug-likeness (QED) is 0.797. The number of nitrogens with zero attached hydrogens (tertiary/aromatic N) is 3. The van der Waals surface area contributed by atoms with Crippen molar-refractivity contribution in [2.24, 2.45) is 0 Å². The molecule has 2 aliphatic heterocycles. The van der Waals surface area contributed by atoms with E-state index in [1.165, 1.54) is 0 Å².